The van der Waals surface area contributed by atoms with Crippen molar-refractivity contribution >= 4 is 5.69 Å². The molecule has 4 heteroatoms. The van der Waals surface area contributed by atoms with E-state index < -0.39 is 0 Å². The van der Waals surface area contributed by atoms with Crippen molar-refractivity contribution in [2.45, 2.75) is 6.92 Å². The van der Waals surface area contributed by atoms with Crippen LogP contribution in [0.3, 0.4) is 0 Å². The van der Waals surface area contributed by atoms with Crippen LogP contribution in [0.25, 0.3) is 0 Å². The summed E-state index contributed by atoms with van der Waals surface area (Å²) in [7, 11) is 0. The molecule has 0 spiro atoms. The van der Waals surface area contributed by atoms with Crippen molar-refractivity contribution in [3.05, 3.63) is 28.4 Å². The van der Waals surface area contributed by atoms with Crippen molar-refractivity contribution in [2.75, 3.05) is 0 Å². The van der Waals surface area contributed by atoms with Crippen LogP contribution >= 0.6 is 0 Å². The predicted molar refractivity (Wildman–Crippen MR) is 39.1 cm³/mol. The molecule has 0 N–H and O–H groups in total. The molecule has 0 fully saturated rings. The SMILES string of the molecule is Cc1cnc(C#N)cc1N=O. The Kier molecular flexibility index (Phi) is 1.93. The molecule has 0 aliphatic heterocycles. The van der Waals surface area contributed by atoms with Gasteiger partial charge in [0.15, 0.2) is 0 Å². The van der Waals surface area contributed by atoms with Gasteiger partial charge in [0.05, 0.1) is 0 Å². The third-order valence-electron chi connectivity index (χ3n) is 1.29. The monoisotopic (exact) mass is 147 g/mol. The van der Waals surface area contributed by atoms with Gasteiger partial charge in [-0.1, -0.05) is 0 Å². The second kappa shape index (κ2) is 2.88. The zero-order valence-corrected chi connectivity index (χ0v) is 5.90. The smallest absolute Gasteiger partial charge is 0.142 e. The van der Waals surface area contributed by atoms with Crippen molar-refractivity contribution in [1.82, 2.24) is 4.98 Å². The molecule has 11 heavy (non-hydrogen) atoms. The van der Waals surface area contributed by atoms with Crippen molar-refractivity contribution < 1.29 is 0 Å². The fourth-order valence-corrected chi connectivity index (χ4v) is 0.673. The molecule has 0 amide bonds. The number of nitriles is 1. The standard InChI is InChI=1S/C7H5N3O/c1-5-4-9-6(3-8)2-7(5)10-11/h2,4H,1H3. The first kappa shape index (κ1) is 7.35. The highest BCUT2D eigenvalue weighted by molar-refractivity contribution is 5.46. The summed E-state index contributed by atoms with van der Waals surface area (Å²) in [4.78, 5) is 13.9. The molecule has 0 aliphatic rings. The summed E-state index contributed by atoms with van der Waals surface area (Å²) in [5.74, 6) is 0. The molecule has 1 aromatic heterocycles. The van der Waals surface area contributed by atoms with Crippen LogP contribution in [0.2, 0.25) is 0 Å². The fraction of sp³-hybridized carbons (Fsp3) is 0.143. The Bertz CT molecular complexity index is 327. The van der Waals surface area contributed by atoms with Gasteiger partial charge in [0.2, 0.25) is 0 Å². The minimum atomic E-state index is 0.213. The molecule has 0 radical (unpaired) electrons. The molecule has 54 valence electrons. The minimum absolute atomic E-state index is 0.213. The molecule has 0 aromatic carbocycles. The zero-order valence-electron chi connectivity index (χ0n) is 5.90. The Hall–Kier alpha value is -1.76. The van der Waals surface area contributed by atoms with Crippen molar-refractivity contribution in [3.63, 3.8) is 0 Å². The van der Waals surface area contributed by atoms with Crippen LogP contribution in [-0.2, 0) is 0 Å². The first-order valence-corrected chi connectivity index (χ1v) is 2.98. The van der Waals surface area contributed by atoms with E-state index in [1.165, 1.54) is 12.3 Å². The Morgan fingerprint density at radius 1 is 1.73 bits per heavy atom. The van der Waals surface area contributed by atoms with Gasteiger partial charge in [-0.05, 0) is 17.7 Å². The summed E-state index contributed by atoms with van der Waals surface area (Å²) in [5, 5.41) is 11.1. The number of aromatic nitrogens is 1. The summed E-state index contributed by atoms with van der Waals surface area (Å²) >= 11 is 0. The van der Waals surface area contributed by atoms with Crippen LogP contribution in [-0.4, -0.2) is 4.98 Å². The van der Waals surface area contributed by atoms with Gasteiger partial charge in [0, 0.05) is 12.3 Å². The quantitative estimate of drug-likeness (QED) is 0.567. The number of aryl methyl sites for hydroxylation is 1. The molecular weight excluding hydrogens is 142 g/mol. The molecule has 0 atom stereocenters. The molecule has 0 bridgehead atoms. The topological polar surface area (TPSA) is 66.1 Å². The van der Waals surface area contributed by atoms with Crippen LogP contribution in [0.1, 0.15) is 11.3 Å². The van der Waals surface area contributed by atoms with Gasteiger partial charge in [0.1, 0.15) is 17.5 Å². The van der Waals surface area contributed by atoms with Crippen LogP contribution in [0.15, 0.2) is 17.4 Å². The summed E-state index contributed by atoms with van der Waals surface area (Å²) < 4.78 is 0. The summed E-state index contributed by atoms with van der Waals surface area (Å²) in [6, 6.07) is 3.18. The lowest BCUT2D eigenvalue weighted by molar-refractivity contribution is 1.21. The third kappa shape index (κ3) is 1.38. The molecule has 0 aliphatic carbocycles. The summed E-state index contributed by atoms with van der Waals surface area (Å²) in [6.45, 7) is 1.71. The summed E-state index contributed by atoms with van der Waals surface area (Å²) in [5.41, 5.74) is 1.17. The van der Waals surface area contributed by atoms with Gasteiger partial charge in [0.25, 0.3) is 0 Å². The minimum Gasteiger partial charge on any atom is -0.245 e. The Morgan fingerprint density at radius 2 is 2.45 bits per heavy atom. The maximum atomic E-state index is 10.1. The van der Waals surface area contributed by atoms with Gasteiger partial charge in [-0.25, -0.2) is 4.98 Å². The highest BCUT2D eigenvalue weighted by atomic mass is 16.3. The van der Waals surface area contributed by atoms with E-state index in [4.69, 9.17) is 5.26 Å². The molecule has 4 nitrogen and oxygen atoms in total. The third-order valence-corrected chi connectivity index (χ3v) is 1.29. The van der Waals surface area contributed by atoms with Gasteiger partial charge in [-0.2, -0.15) is 5.26 Å². The van der Waals surface area contributed by atoms with E-state index in [0.29, 0.717) is 5.56 Å². The molecule has 1 rings (SSSR count). The second-order valence-corrected chi connectivity index (χ2v) is 2.06. The van der Waals surface area contributed by atoms with Crippen LogP contribution < -0.4 is 0 Å². The predicted octanol–water partition coefficient (Wildman–Crippen LogP) is 1.66. The number of hydrogen-bond acceptors (Lipinski definition) is 4. The van der Waals surface area contributed by atoms with E-state index in [-0.39, 0.29) is 11.4 Å². The van der Waals surface area contributed by atoms with E-state index in [2.05, 4.69) is 10.2 Å². The van der Waals surface area contributed by atoms with Gasteiger partial charge >= 0.3 is 0 Å². The molecule has 0 saturated carbocycles. The van der Waals surface area contributed by atoms with E-state index in [9.17, 15) is 4.91 Å². The average Bonchev–Trinajstić information content (AvgIpc) is 2.05. The van der Waals surface area contributed by atoms with Crippen molar-refractivity contribution in [2.24, 2.45) is 5.18 Å². The average molecular weight is 147 g/mol. The Balaban J connectivity index is 3.25. The first-order chi connectivity index (χ1) is 5.27. The van der Waals surface area contributed by atoms with E-state index in [0.717, 1.165) is 0 Å². The highest BCUT2D eigenvalue weighted by Gasteiger charge is 1.99. The Morgan fingerprint density at radius 3 is 3.00 bits per heavy atom. The van der Waals surface area contributed by atoms with Gasteiger partial charge in [-0.15, -0.1) is 4.91 Å². The molecular formula is C7H5N3O. The zero-order chi connectivity index (χ0) is 8.27. The second-order valence-electron chi connectivity index (χ2n) is 2.06. The van der Waals surface area contributed by atoms with Crippen LogP contribution in [0.5, 0.6) is 0 Å². The number of hydrogen-bond donors (Lipinski definition) is 0. The molecule has 0 unspecified atom stereocenters. The largest absolute Gasteiger partial charge is 0.245 e. The van der Waals surface area contributed by atoms with Gasteiger partial charge in [-0.3, -0.25) is 0 Å². The number of nitroso groups, excluding NO2 is 1. The lowest BCUT2D eigenvalue weighted by Crippen LogP contribution is -1.82. The first-order valence-electron chi connectivity index (χ1n) is 2.98. The van der Waals surface area contributed by atoms with Crippen molar-refractivity contribution in [1.29, 1.82) is 5.26 Å². The Labute approximate surface area is 63.5 Å². The lowest BCUT2D eigenvalue weighted by Gasteiger charge is -1.93. The molecule has 0 saturated heterocycles. The summed E-state index contributed by atoms with van der Waals surface area (Å²) in [6.07, 6.45) is 1.45. The number of rotatable bonds is 1. The maximum Gasteiger partial charge on any atom is 0.142 e. The van der Waals surface area contributed by atoms with Crippen LogP contribution in [0.4, 0.5) is 5.69 Å². The van der Waals surface area contributed by atoms with E-state index >= 15 is 0 Å². The highest BCUT2D eigenvalue weighted by Crippen LogP contribution is 2.16. The normalized spacial score (nSPS) is 8.73. The maximum absolute atomic E-state index is 10.1. The molecule has 1 aromatic rings. The lowest BCUT2D eigenvalue weighted by atomic mass is 10.2. The van der Waals surface area contributed by atoms with Crippen LogP contribution in [0, 0.1) is 23.2 Å². The van der Waals surface area contributed by atoms with E-state index in [1.54, 1.807) is 6.92 Å². The fourth-order valence-electron chi connectivity index (χ4n) is 0.673. The van der Waals surface area contributed by atoms with Crippen molar-refractivity contribution in [3.8, 4) is 6.07 Å². The number of pyridine rings is 1. The molecule has 1 heterocycles. The van der Waals surface area contributed by atoms with E-state index in [1.807, 2.05) is 6.07 Å². The number of nitrogens with zero attached hydrogens (tertiary/aromatic N) is 3. The van der Waals surface area contributed by atoms with Gasteiger partial charge < -0.3 is 0 Å².